The molecule has 1 heterocycles. The van der Waals surface area contributed by atoms with Gasteiger partial charge in [0.1, 0.15) is 5.60 Å². The topological polar surface area (TPSA) is 79.5 Å². The number of anilines is 1. The minimum absolute atomic E-state index is 0.124. The number of hydrogen-bond donors (Lipinski definition) is 3. The Kier molecular flexibility index (Phi) is 5.87. The van der Waals surface area contributed by atoms with Gasteiger partial charge in [0.05, 0.1) is 17.6 Å². The van der Waals surface area contributed by atoms with Crippen molar-refractivity contribution in [3.8, 4) is 0 Å². The predicted molar refractivity (Wildman–Crippen MR) is 109 cm³/mol. The van der Waals surface area contributed by atoms with Gasteiger partial charge in [-0.2, -0.15) is 0 Å². The van der Waals surface area contributed by atoms with E-state index < -0.39 is 11.7 Å². The lowest BCUT2D eigenvalue weighted by Gasteiger charge is -2.30. The molecule has 6 nitrogen and oxygen atoms in total. The molecule has 0 saturated heterocycles. The molecule has 2 aromatic rings. The average Bonchev–Trinajstić information content (AvgIpc) is 2.80. The van der Waals surface area contributed by atoms with Crippen molar-refractivity contribution < 1.29 is 14.3 Å². The molecular weight excluding hydrogens is 354 g/mol. The summed E-state index contributed by atoms with van der Waals surface area (Å²) in [4.78, 5) is 24.8. The van der Waals surface area contributed by atoms with Gasteiger partial charge in [-0.3, -0.25) is 4.79 Å². The maximum Gasteiger partial charge on any atom is 0.407 e. The van der Waals surface area contributed by atoms with Crippen molar-refractivity contribution >= 4 is 17.7 Å². The van der Waals surface area contributed by atoms with E-state index in [9.17, 15) is 9.59 Å². The highest BCUT2D eigenvalue weighted by molar-refractivity contribution is 6.00. The number of carbonyl (C=O) groups excluding carboxylic acids is 2. The maximum atomic E-state index is 12.4. The second-order valence-electron chi connectivity index (χ2n) is 7.95. The Morgan fingerprint density at radius 2 is 1.82 bits per heavy atom. The number of amides is 2. The van der Waals surface area contributed by atoms with Crippen molar-refractivity contribution in [1.82, 2.24) is 10.6 Å². The van der Waals surface area contributed by atoms with E-state index in [0.29, 0.717) is 18.5 Å². The second-order valence-corrected chi connectivity index (χ2v) is 7.95. The van der Waals surface area contributed by atoms with Crippen LogP contribution in [0.1, 0.15) is 36.7 Å². The SMILES string of the molecule is CC(C)(C)OC(=O)N[C@@H](Cc1ccccc1)[C@@H]1CNC(=O)c2ccccc2N1. The van der Waals surface area contributed by atoms with Crippen LogP contribution in [-0.4, -0.2) is 36.2 Å². The monoisotopic (exact) mass is 381 g/mol. The molecule has 148 valence electrons. The summed E-state index contributed by atoms with van der Waals surface area (Å²) < 4.78 is 5.45. The fourth-order valence-corrected chi connectivity index (χ4v) is 3.22. The van der Waals surface area contributed by atoms with E-state index in [1.54, 1.807) is 6.07 Å². The number of para-hydroxylation sites is 1. The van der Waals surface area contributed by atoms with Gasteiger partial charge in [-0.25, -0.2) is 4.79 Å². The summed E-state index contributed by atoms with van der Waals surface area (Å²) in [7, 11) is 0. The zero-order valence-corrected chi connectivity index (χ0v) is 16.5. The van der Waals surface area contributed by atoms with Crippen molar-refractivity contribution in [2.45, 2.75) is 44.9 Å². The van der Waals surface area contributed by atoms with Gasteiger partial charge in [0.2, 0.25) is 0 Å². The Morgan fingerprint density at radius 3 is 2.54 bits per heavy atom. The van der Waals surface area contributed by atoms with Gasteiger partial charge in [-0.15, -0.1) is 0 Å². The number of alkyl carbamates (subject to hydrolysis) is 1. The second kappa shape index (κ2) is 8.33. The minimum atomic E-state index is -0.584. The number of hydrogen-bond acceptors (Lipinski definition) is 4. The van der Waals surface area contributed by atoms with Crippen LogP contribution in [0.25, 0.3) is 0 Å². The van der Waals surface area contributed by atoms with Crippen molar-refractivity contribution in [2.24, 2.45) is 0 Å². The Hall–Kier alpha value is -3.02. The third kappa shape index (κ3) is 5.25. The Balaban J connectivity index is 1.83. The van der Waals surface area contributed by atoms with Crippen LogP contribution < -0.4 is 16.0 Å². The van der Waals surface area contributed by atoms with Crippen LogP contribution in [0.2, 0.25) is 0 Å². The van der Waals surface area contributed by atoms with Crippen molar-refractivity contribution in [3.63, 3.8) is 0 Å². The largest absolute Gasteiger partial charge is 0.444 e. The maximum absolute atomic E-state index is 12.4. The highest BCUT2D eigenvalue weighted by Crippen LogP contribution is 2.21. The fourth-order valence-electron chi connectivity index (χ4n) is 3.22. The van der Waals surface area contributed by atoms with Crippen LogP contribution >= 0.6 is 0 Å². The molecule has 0 fully saturated rings. The molecule has 0 unspecified atom stereocenters. The van der Waals surface area contributed by atoms with Crippen molar-refractivity contribution in [3.05, 3.63) is 65.7 Å². The highest BCUT2D eigenvalue weighted by Gasteiger charge is 2.29. The smallest absolute Gasteiger partial charge is 0.407 e. The number of nitrogens with one attached hydrogen (secondary N) is 3. The molecule has 0 aromatic heterocycles. The molecular formula is C22H27N3O3. The summed E-state index contributed by atoms with van der Waals surface area (Å²) in [5.74, 6) is -0.124. The van der Waals surface area contributed by atoms with Crippen LogP contribution in [0.3, 0.4) is 0 Å². The average molecular weight is 381 g/mol. The number of ether oxygens (including phenoxy) is 1. The summed E-state index contributed by atoms with van der Waals surface area (Å²) in [5, 5.41) is 9.36. The van der Waals surface area contributed by atoms with Crippen LogP contribution in [0.15, 0.2) is 54.6 Å². The molecule has 0 radical (unpaired) electrons. The summed E-state index contributed by atoms with van der Waals surface area (Å²) in [6.07, 6.45) is 0.134. The fraction of sp³-hybridized carbons (Fsp3) is 0.364. The molecule has 0 bridgehead atoms. The molecule has 0 saturated carbocycles. The van der Waals surface area contributed by atoms with Gasteiger partial charge in [0.15, 0.2) is 0 Å². The molecule has 2 atom stereocenters. The minimum Gasteiger partial charge on any atom is -0.444 e. The third-order valence-electron chi connectivity index (χ3n) is 4.48. The quantitative estimate of drug-likeness (QED) is 0.759. The van der Waals surface area contributed by atoms with E-state index in [2.05, 4.69) is 16.0 Å². The molecule has 28 heavy (non-hydrogen) atoms. The van der Waals surface area contributed by atoms with E-state index in [4.69, 9.17) is 4.74 Å². The first-order valence-corrected chi connectivity index (χ1v) is 9.49. The molecule has 0 spiro atoms. The normalized spacial score (nSPS) is 17.4. The van der Waals surface area contributed by atoms with Gasteiger partial charge in [0.25, 0.3) is 5.91 Å². The predicted octanol–water partition coefficient (Wildman–Crippen LogP) is 3.35. The first kappa shape index (κ1) is 19.7. The van der Waals surface area contributed by atoms with Gasteiger partial charge in [-0.1, -0.05) is 42.5 Å². The van der Waals surface area contributed by atoms with E-state index >= 15 is 0 Å². The summed E-state index contributed by atoms with van der Waals surface area (Å²) in [6, 6.07) is 16.8. The molecule has 2 aromatic carbocycles. The van der Waals surface area contributed by atoms with E-state index in [0.717, 1.165) is 11.3 Å². The number of rotatable bonds is 4. The van der Waals surface area contributed by atoms with Crippen LogP contribution in [0.5, 0.6) is 0 Å². The molecule has 2 amide bonds. The Bertz CT molecular complexity index is 830. The van der Waals surface area contributed by atoms with E-state index in [1.165, 1.54) is 0 Å². The third-order valence-corrected chi connectivity index (χ3v) is 4.48. The summed E-state index contributed by atoms with van der Waals surface area (Å²) in [6.45, 7) is 5.89. The Morgan fingerprint density at radius 1 is 1.14 bits per heavy atom. The first-order valence-electron chi connectivity index (χ1n) is 9.49. The van der Waals surface area contributed by atoms with Gasteiger partial charge < -0.3 is 20.7 Å². The number of benzene rings is 2. The van der Waals surface area contributed by atoms with Gasteiger partial charge in [0, 0.05) is 12.2 Å². The van der Waals surface area contributed by atoms with Crippen LogP contribution in [0, 0.1) is 0 Å². The lowest BCUT2D eigenvalue weighted by Crippen LogP contribution is -2.52. The molecule has 1 aliphatic rings. The molecule has 0 aliphatic carbocycles. The molecule has 3 rings (SSSR count). The zero-order chi connectivity index (χ0) is 20.1. The lowest BCUT2D eigenvalue weighted by molar-refractivity contribution is 0.0499. The number of carbonyl (C=O) groups is 2. The molecule has 3 N–H and O–H groups in total. The van der Waals surface area contributed by atoms with E-state index in [1.807, 2.05) is 69.3 Å². The molecule has 6 heteroatoms. The molecule has 1 aliphatic heterocycles. The van der Waals surface area contributed by atoms with Crippen molar-refractivity contribution in [1.29, 1.82) is 0 Å². The standard InChI is InChI=1S/C22H27N3O3/c1-22(2,3)28-21(27)25-18(13-15-9-5-4-6-10-15)19-14-23-20(26)16-11-7-8-12-17(16)24-19/h4-12,18-19,24H,13-14H2,1-3H3,(H,23,26)(H,25,27)/t18-,19-/m0/s1. The Labute approximate surface area is 165 Å². The summed E-state index contributed by atoms with van der Waals surface area (Å²) in [5.41, 5.74) is 1.86. The van der Waals surface area contributed by atoms with Gasteiger partial charge in [-0.05, 0) is 44.9 Å². The van der Waals surface area contributed by atoms with Gasteiger partial charge >= 0.3 is 6.09 Å². The van der Waals surface area contributed by atoms with Crippen molar-refractivity contribution in [2.75, 3.05) is 11.9 Å². The summed E-state index contributed by atoms with van der Waals surface area (Å²) >= 11 is 0. The number of fused-ring (bicyclic) bond motifs is 1. The first-order chi connectivity index (χ1) is 13.3. The highest BCUT2D eigenvalue weighted by atomic mass is 16.6. The van der Waals surface area contributed by atoms with Crippen LogP contribution in [-0.2, 0) is 11.2 Å². The van der Waals surface area contributed by atoms with Crippen LogP contribution in [0.4, 0.5) is 10.5 Å². The zero-order valence-electron chi connectivity index (χ0n) is 16.5. The van der Waals surface area contributed by atoms with E-state index in [-0.39, 0.29) is 18.0 Å². The lowest BCUT2D eigenvalue weighted by atomic mass is 9.99.